The van der Waals surface area contributed by atoms with Crippen LogP contribution in [-0.2, 0) is 4.79 Å². The van der Waals surface area contributed by atoms with Crippen LogP contribution in [0.25, 0.3) is 0 Å². The van der Waals surface area contributed by atoms with Crippen molar-refractivity contribution in [2.75, 3.05) is 39.3 Å². The highest BCUT2D eigenvalue weighted by atomic mass is 35.5. The molecule has 2 aliphatic heterocycles. The summed E-state index contributed by atoms with van der Waals surface area (Å²) in [6, 6.07) is 6.00. The van der Waals surface area contributed by atoms with E-state index < -0.39 is 6.61 Å². The number of halogens is 3. The van der Waals surface area contributed by atoms with E-state index in [0.717, 1.165) is 25.9 Å². The van der Waals surface area contributed by atoms with Crippen LogP contribution in [0.5, 0.6) is 5.75 Å². The fourth-order valence-corrected chi connectivity index (χ4v) is 3.62. The van der Waals surface area contributed by atoms with Crippen LogP contribution in [-0.4, -0.2) is 67.5 Å². The quantitative estimate of drug-likeness (QED) is 0.772. The van der Waals surface area contributed by atoms with Crippen molar-refractivity contribution in [2.24, 2.45) is 5.92 Å². The van der Waals surface area contributed by atoms with Gasteiger partial charge in [0.15, 0.2) is 0 Å². The van der Waals surface area contributed by atoms with Crippen LogP contribution in [0.4, 0.5) is 8.78 Å². The molecule has 1 aromatic rings. The number of carbonyl (C=O) groups excluding carboxylic acids is 2. The first-order chi connectivity index (χ1) is 13.0. The number of ether oxygens (including phenoxy) is 1. The summed E-state index contributed by atoms with van der Waals surface area (Å²) in [4.78, 5) is 28.4. The highest BCUT2D eigenvalue weighted by molar-refractivity contribution is 5.97. The summed E-state index contributed by atoms with van der Waals surface area (Å²) in [7, 11) is 0. The van der Waals surface area contributed by atoms with Gasteiger partial charge in [0, 0.05) is 32.6 Å². The lowest BCUT2D eigenvalue weighted by Gasteiger charge is -2.35. The predicted molar refractivity (Wildman–Crippen MR) is 103 cm³/mol. The van der Waals surface area contributed by atoms with Crippen molar-refractivity contribution in [3.8, 4) is 5.75 Å². The van der Waals surface area contributed by atoms with Gasteiger partial charge in [0.1, 0.15) is 5.75 Å². The monoisotopic (exact) mass is 417 g/mol. The number of nitrogens with one attached hydrogen (secondary N) is 1. The standard InChI is InChI=1S/C19H25F2N3O3.ClH/c20-19(21)27-16-4-2-1-3-15(16)18(26)24-11-9-23(10-12-24)17(25)6-5-14-7-8-22-13-14;/h1-4,14,19,22H,5-13H2;1H. The molecule has 1 atom stereocenters. The molecule has 1 unspecified atom stereocenters. The molecule has 2 heterocycles. The van der Waals surface area contributed by atoms with Gasteiger partial charge in [-0.15, -0.1) is 12.4 Å². The third-order valence-electron chi connectivity index (χ3n) is 5.18. The highest BCUT2D eigenvalue weighted by Crippen LogP contribution is 2.23. The van der Waals surface area contributed by atoms with Crippen molar-refractivity contribution in [1.29, 1.82) is 0 Å². The molecule has 0 spiro atoms. The predicted octanol–water partition coefficient (Wildman–Crippen LogP) is 2.38. The van der Waals surface area contributed by atoms with Gasteiger partial charge in [-0.05, 0) is 44.0 Å². The Labute approximate surface area is 169 Å². The SMILES string of the molecule is Cl.O=C(CCC1CCNC1)N1CCN(C(=O)c2ccccc2OC(F)F)CC1. The molecule has 1 aromatic carbocycles. The van der Waals surface area contributed by atoms with Crippen molar-refractivity contribution in [3.63, 3.8) is 0 Å². The van der Waals surface area contributed by atoms with Gasteiger partial charge < -0.3 is 19.9 Å². The Hall–Kier alpha value is -1.93. The van der Waals surface area contributed by atoms with Crippen molar-refractivity contribution in [2.45, 2.75) is 25.9 Å². The zero-order valence-electron chi connectivity index (χ0n) is 15.6. The number of nitrogens with zero attached hydrogens (tertiary/aromatic N) is 2. The second-order valence-corrected chi connectivity index (χ2v) is 6.95. The minimum Gasteiger partial charge on any atom is -0.434 e. The highest BCUT2D eigenvalue weighted by Gasteiger charge is 2.27. The van der Waals surface area contributed by atoms with E-state index in [1.807, 2.05) is 0 Å². The summed E-state index contributed by atoms with van der Waals surface area (Å²) in [5.74, 6) is 0.218. The normalized spacial score (nSPS) is 19.5. The van der Waals surface area contributed by atoms with Crippen LogP contribution in [0.2, 0.25) is 0 Å². The summed E-state index contributed by atoms with van der Waals surface area (Å²) in [5, 5.41) is 3.30. The number of amides is 2. The molecule has 0 bridgehead atoms. The third kappa shape index (κ3) is 5.78. The molecule has 9 heteroatoms. The lowest BCUT2D eigenvalue weighted by atomic mass is 10.0. The largest absolute Gasteiger partial charge is 0.434 e. The molecule has 0 radical (unpaired) electrons. The Morgan fingerprint density at radius 3 is 2.46 bits per heavy atom. The molecule has 2 saturated heterocycles. The van der Waals surface area contributed by atoms with Crippen LogP contribution < -0.4 is 10.1 Å². The summed E-state index contributed by atoms with van der Waals surface area (Å²) in [6.45, 7) is 0.725. The van der Waals surface area contributed by atoms with Gasteiger partial charge in [-0.3, -0.25) is 9.59 Å². The molecule has 2 aliphatic rings. The molecule has 2 fully saturated rings. The van der Waals surface area contributed by atoms with Gasteiger partial charge in [-0.25, -0.2) is 0 Å². The number of carbonyl (C=O) groups is 2. The molecule has 3 rings (SSSR count). The Balaban J connectivity index is 0.00000280. The van der Waals surface area contributed by atoms with E-state index in [4.69, 9.17) is 0 Å². The summed E-state index contributed by atoms with van der Waals surface area (Å²) in [5.41, 5.74) is 0.117. The molecule has 0 saturated carbocycles. The molecule has 2 amide bonds. The van der Waals surface area contributed by atoms with Crippen LogP contribution in [0, 0.1) is 5.92 Å². The first kappa shape index (κ1) is 22.4. The summed E-state index contributed by atoms with van der Waals surface area (Å²) >= 11 is 0. The minimum atomic E-state index is -2.98. The van der Waals surface area contributed by atoms with E-state index in [2.05, 4.69) is 10.1 Å². The molecule has 28 heavy (non-hydrogen) atoms. The molecule has 1 N–H and O–H groups in total. The van der Waals surface area contributed by atoms with E-state index >= 15 is 0 Å². The molecule has 156 valence electrons. The molecule has 0 aliphatic carbocycles. The lowest BCUT2D eigenvalue weighted by molar-refractivity contribution is -0.133. The summed E-state index contributed by atoms with van der Waals surface area (Å²) < 4.78 is 29.5. The van der Waals surface area contributed by atoms with Crippen molar-refractivity contribution in [3.05, 3.63) is 29.8 Å². The number of piperazine rings is 1. The second-order valence-electron chi connectivity index (χ2n) is 6.95. The minimum absolute atomic E-state index is 0. The maximum atomic E-state index is 12.7. The number of benzene rings is 1. The van der Waals surface area contributed by atoms with Crippen molar-refractivity contribution < 1.29 is 23.1 Å². The van der Waals surface area contributed by atoms with Gasteiger partial charge in [0.2, 0.25) is 5.91 Å². The Morgan fingerprint density at radius 2 is 1.82 bits per heavy atom. The van der Waals surface area contributed by atoms with Crippen molar-refractivity contribution >= 4 is 24.2 Å². The van der Waals surface area contributed by atoms with Gasteiger partial charge in [-0.2, -0.15) is 8.78 Å². The van der Waals surface area contributed by atoms with E-state index in [1.165, 1.54) is 12.1 Å². The maximum absolute atomic E-state index is 12.7. The number of para-hydroxylation sites is 1. The fourth-order valence-electron chi connectivity index (χ4n) is 3.62. The average molecular weight is 418 g/mol. The van der Waals surface area contributed by atoms with Gasteiger partial charge >= 0.3 is 6.61 Å². The van der Waals surface area contributed by atoms with E-state index in [-0.39, 0.29) is 35.5 Å². The topological polar surface area (TPSA) is 61.9 Å². The van der Waals surface area contributed by atoms with Crippen molar-refractivity contribution in [1.82, 2.24) is 15.1 Å². The molecule has 6 nitrogen and oxygen atoms in total. The first-order valence-corrected chi connectivity index (χ1v) is 9.36. The van der Waals surface area contributed by atoms with Crippen LogP contribution in [0.15, 0.2) is 24.3 Å². The zero-order chi connectivity index (χ0) is 19.2. The van der Waals surface area contributed by atoms with Gasteiger partial charge in [-0.1, -0.05) is 12.1 Å². The number of alkyl halides is 2. The summed E-state index contributed by atoms with van der Waals surface area (Å²) in [6.07, 6.45) is 2.55. The van der Waals surface area contributed by atoms with E-state index in [0.29, 0.717) is 38.5 Å². The van der Waals surface area contributed by atoms with Crippen LogP contribution in [0.3, 0.4) is 0 Å². The van der Waals surface area contributed by atoms with Gasteiger partial charge in [0.25, 0.3) is 5.91 Å². The molecular weight excluding hydrogens is 392 g/mol. The number of rotatable bonds is 6. The molecule has 0 aromatic heterocycles. The maximum Gasteiger partial charge on any atom is 0.387 e. The number of hydrogen-bond donors (Lipinski definition) is 1. The smallest absolute Gasteiger partial charge is 0.387 e. The van der Waals surface area contributed by atoms with Crippen LogP contribution >= 0.6 is 12.4 Å². The first-order valence-electron chi connectivity index (χ1n) is 9.36. The molecular formula is C19H26ClF2N3O3. The fraction of sp³-hybridized carbons (Fsp3) is 0.579. The Morgan fingerprint density at radius 1 is 1.14 bits per heavy atom. The zero-order valence-corrected chi connectivity index (χ0v) is 16.4. The average Bonchev–Trinajstić information content (AvgIpc) is 3.19. The van der Waals surface area contributed by atoms with E-state index in [9.17, 15) is 18.4 Å². The van der Waals surface area contributed by atoms with Gasteiger partial charge in [0.05, 0.1) is 5.56 Å². The Kier molecular flexibility index (Phi) is 8.44. The van der Waals surface area contributed by atoms with E-state index in [1.54, 1.807) is 21.9 Å². The van der Waals surface area contributed by atoms with Crippen LogP contribution in [0.1, 0.15) is 29.6 Å². The number of hydrogen-bond acceptors (Lipinski definition) is 4. The lowest BCUT2D eigenvalue weighted by Crippen LogP contribution is -2.50. The second kappa shape index (κ2) is 10.6. The third-order valence-corrected chi connectivity index (χ3v) is 5.18. The Bertz CT molecular complexity index is 664.